The second-order valence-corrected chi connectivity index (χ2v) is 5.97. The van der Waals surface area contributed by atoms with E-state index >= 15 is 0 Å². The molecule has 0 aliphatic carbocycles. The maximum atomic E-state index is 4.67. The van der Waals surface area contributed by atoms with E-state index in [1.165, 1.54) is 11.3 Å². The van der Waals surface area contributed by atoms with Crippen LogP contribution in [0.3, 0.4) is 0 Å². The highest BCUT2D eigenvalue weighted by atomic mass is 79.9. The Balaban J connectivity index is 2.32. The Morgan fingerprint density at radius 2 is 2.14 bits per heavy atom. The molecule has 1 atom stereocenters. The first-order chi connectivity index (χ1) is 10.1. The summed E-state index contributed by atoms with van der Waals surface area (Å²) in [5.41, 5.74) is 4.67. The normalized spacial score (nSPS) is 12.6. The van der Waals surface area contributed by atoms with Crippen molar-refractivity contribution in [1.29, 1.82) is 0 Å². The highest BCUT2D eigenvalue weighted by Crippen LogP contribution is 2.27. The van der Waals surface area contributed by atoms with E-state index in [1.807, 2.05) is 19.3 Å². The Bertz CT molecular complexity index is 606. The van der Waals surface area contributed by atoms with Gasteiger partial charge < -0.3 is 5.32 Å². The van der Waals surface area contributed by atoms with E-state index in [4.69, 9.17) is 0 Å². The lowest BCUT2D eigenvalue weighted by Crippen LogP contribution is -2.22. The topological polar surface area (TPSA) is 42.7 Å². The molecule has 0 radical (unpaired) electrons. The Morgan fingerprint density at radius 1 is 1.38 bits per heavy atom. The predicted molar refractivity (Wildman–Crippen MR) is 89.5 cm³/mol. The lowest BCUT2D eigenvalue weighted by Gasteiger charge is -2.17. The molecule has 0 saturated heterocycles. The van der Waals surface area contributed by atoms with Gasteiger partial charge in [-0.15, -0.1) is 0 Å². The fourth-order valence-corrected chi connectivity index (χ4v) is 3.24. The fourth-order valence-electron chi connectivity index (χ4n) is 2.51. The van der Waals surface area contributed by atoms with Crippen LogP contribution in [-0.2, 0) is 19.4 Å². The van der Waals surface area contributed by atoms with Crippen LogP contribution in [0.1, 0.15) is 42.5 Å². The summed E-state index contributed by atoms with van der Waals surface area (Å²) in [5.74, 6) is 0. The van der Waals surface area contributed by atoms with Crippen LogP contribution in [0.4, 0.5) is 0 Å². The number of pyridine rings is 1. The van der Waals surface area contributed by atoms with Gasteiger partial charge in [-0.25, -0.2) is 0 Å². The molecule has 1 unspecified atom stereocenters. The molecule has 0 spiro atoms. The second-order valence-electron chi connectivity index (χ2n) is 5.18. The molecule has 0 amide bonds. The highest BCUT2D eigenvalue weighted by Gasteiger charge is 2.19. The van der Waals surface area contributed by atoms with Gasteiger partial charge in [0.05, 0.1) is 27.6 Å². The van der Waals surface area contributed by atoms with Gasteiger partial charge in [0, 0.05) is 19.2 Å². The molecule has 114 valence electrons. The molecule has 0 bridgehead atoms. The summed E-state index contributed by atoms with van der Waals surface area (Å²) in [6.45, 7) is 7.24. The zero-order valence-electron chi connectivity index (χ0n) is 13.2. The third kappa shape index (κ3) is 3.52. The molecule has 2 heterocycles. The maximum Gasteiger partial charge on any atom is 0.0766 e. The van der Waals surface area contributed by atoms with E-state index in [2.05, 4.69) is 62.8 Å². The number of hydrogen-bond acceptors (Lipinski definition) is 3. The molecule has 0 aliphatic heterocycles. The molecular weight excluding hydrogens is 328 g/mol. The average molecular weight is 351 g/mol. The quantitative estimate of drug-likeness (QED) is 0.867. The van der Waals surface area contributed by atoms with Gasteiger partial charge in [0.2, 0.25) is 0 Å². The summed E-state index contributed by atoms with van der Waals surface area (Å²) in [7, 11) is 1.98. The third-order valence-electron chi connectivity index (χ3n) is 3.73. The first kappa shape index (κ1) is 16.2. The number of nitrogens with zero attached hydrogens (tertiary/aromatic N) is 3. The van der Waals surface area contributed by atoms with Crippen LogP contribution in [-0.4, -0.2) is 21.8 Å². The van der Waals surface area contributed by atoms with E-state index < -0.39 is 0 Å². The molecule has 2 aromatic rings. The number of nitrogens with one attached hydrogen (secondary N) is 1. The van der Waals surface area contributed by atoms with Crippen molar-refractivity contribution in [2.75, 3.05) is 7.05 Å². The van der Waals surface area contributed by atoms with Crippen LogP contribution in [0.2, 0.25) is 0 Å². The lowest BCUT2D eigenvalue weighted by molar-refractivity contribution is 0.530. The Hall–Kier alpha value is -1.20. The monoisotopic (exact) mass is 350 g/mol. The highest BCUT2D eigenvalue weighted by molar-refractivity contribution is 9.10. The van der Waals surface area contributed by atoms with Gasteiger partial charge in [-0.05, 0) is 60.9 Å². The summed E-state index contributed by atoms with van der Waals surface area (Å²) < 4.78 is 3.23. The van der Waals surface area contributed by atoms with Crippen molar-refractivity contribution in [3.8, 4) is 0 Å². The number of hydrogen-bond donors (Lipinski definition) is 1. The number of halogens is 1. The number of likely N-dealkylation sites (N-methyl/N-ethyl adjacent to an activating group) is 1. The molecule has 0 aromatic carbocycles. The van der Waals surface area contributed by atoms with Crippen molar-refractivity contribution in [2.45, 2.75) is 46.2 Å². The van der Waals surface area contributed by atoms with E-state index in [9.17, 15) is 0 Å². The summed E-state index contributed by atoms with van der Waals surface area (Å²) >= 11 is 3.72. The van der Waals surface area contributed by atoms with Gasteiger partial charge in [-0.3, -0.25) is 9.67 Å². The van der Waals surface area contributed by atoms with Gasteiger partial charge >= 0.3 is 0 Å². The average Bonchev–Trinajstić information content (AvgIpc) is 2.80. The summed E-state index contributed by atoms with van der Waals surface area (Å²) in [5, 5.41) is 8.04. The number of rotatable bonds is 6. The Morgan fingerprint density at radius 3 is 2.71 bits per heavy atom. The number of aromatic nitrogens is 3. The number of aryl methyl sites for hydroxylation is 3. The minimum absolute atomic E-state index is 0.188. The van der Waals surface area contributed by atoms with Crippen molar-refractivity contribution in [3.63, 3.8) is 0 Å². The van der Waals surface area contributed by atoms with Gasteiger partial charge in [0.25, 0.3) is 0 Å². The van der Waals surface area contributed by atoms with Crippen molar-refractivity contribution in [3.05, 3.63) is 45.4 Å². The summed E-state index contributed by atoms with van der Waals surface area (Å²) in [6, 6.07) is 4.35. The first-order valence-electron chi connectivity index (χ1n) is 7.44. The molecule has 2 aromatic heterocycles. The van der Waals surface area contributed by atoms with Crippen LogP contribution in [0.25, 0.3) is 0 Å². The molecule has 5 heteroatoms. The van der Waals surface area contributed by atoms with Crippen molar-refractivity contribution in [1.82, 2.24) is 20.1 Å². The van der Waals surface area contributed by atoms with Crippen LogP contribution < -0.4 is 5.32 Å². The zero-order chi connectivity index (χ0) is 15.4. The minimum atomic E-state index is 0.188. The van der Waals surface area contributed by atoms with Crippen LogP contribution in [0, 0.1) is 6.92 Å². The maximum absolute atomic E-state index is 4.67. The summed E-state index contributed by atoms with van der Waals surface area (Å²) in [6.07, 6.45) is 3.68. The molecule has 0 saturated carbocycles. The molecule has 4 nitrogen and oxygen atoms in total. The van der Waals surface area contributed by atoms with Crippen LogP contribution in [0.5, 0.6) is 0 Å². The fraction of sp³-hybridized carbons (Fsp3) is 0.500. The first-order valence-corrected chi connectivity index (χ1v) is 8.23. The van der Waals surface area contributed by atoms with Gasteiger partial charge in [0.1, 0.15) is 0 Å². The van der Waals surface area contributed by atoms with E-state index in [1.54, 1.807) is 0 Å². The van der Waals surface area contributed by atoms with Crippen LogP contribution in [0.15, 0.2) is 22.8 Å². The Kier molecular flexibility index (Phi) is 5.53. The van der Waals surface area contributed by atoms with Crippen molar-refractivity contribution < 1.29 is 0 Å². The predicted octanol–water partition coefficient (Wildman–Crippen LogP) is 3.43. The van der Waals surface area contributed by atoms with Gasteiger partial charge in [-0.1, -0.05) is 6.92 Å². The lowest BCUT2D eigenvalue weighted by atomic mass is 10.1. The van der Waals surface area contributed by atoms with Gasteiger partial charge in [0.15, 0.2) is 0 Å². The summed E-state index contributed by atoms with van der Waals surface area (Å²) in [4.78, 5) is 4.51. The zero-order valence-corrected chi connectivity index (χ0v) is 14.7. The largest absolute Gasteiger partial charge is 0.311 e. The van der Waals surface area contributed by atoms with Crippen LogP contribution >= 0.6 is 15.9 Å². The standard InChI is InChI=1S/C16H23BrN4/c1-5-12-16(17)15(21(6-2)20-12)10-13(18-4)14-9-11(3)7-8-19-14/h7-9,13,18H,5-6,10H2,1-4H3. The van der Waals surface area contributed by atoms with Gasteiger partial charge in [-0.2, -0.15) is 5.10 Å². The SMILES string of the molecule is CCc1nn(CC)c(CC(NC)c2cc(C)ccn2)c1Br. The molecule has 1 N–H and O–H groups in total. The smallest absolute Gasteiger partial charge is 0.0766 e. The minimum Gasteiger partial charge on any atom is -0.311 e. The van der Waals surface area contributed by atoms with Crippen molar-refractivity contribution in [2.24, 2.45) is 0 Å². The van der Waals surface area contributed by atoms with E-state index in [-0.39, 0.29) is 6.04 Å². The van der Waals surface area contributed by atoms with E-state index in [0.29, 0.717) is 0 Å². The molecule has 0 aliphatic rings. The molecule has 21 heavy (non-hydrogen) atoms. The third-order valence-corrected chi connectivity index (χ3v) is 4.65. The second kappa shape index (κ2) is 7.18. The Labute approximate surface area is 135 Å². The van der Waals surface area contributed by atoms with E-state index in [0.717, 1.165) is 35.2 Å². The molecular formula is C16H23BrN4. The molecule has 2 rings (SSSR count). The molecule has 0 fully saturated rings. The van der Waals surface area contributed by atoms with Crippen molar-refractivity contribution >= 4 is 15.9 Å².